The maximum Gasteiger partial charge on any atom is 0.128 e. The Kier molecular flexibility index (Phi) is 2.94. The van der Waals surface area contributed by atoms with Crippen LogP contribution in [0.25, 0.3) is 0 Å². The first kappa shape index (κ1) is 10.5. The summed E-state index contributed by atoms with van der Waals surface area (Å²) in [6.45, 7) is 5.21. The normalized spacial score (nSPS) is 19.5. The summed E-state index contributed by atoms with van der Waals surface area (Å²) >= 11 is 0. The van der Waals surface area contributed by atoms with Crippen molar-refractivity contribution in [3.8, 4) is 0 Å². The fourth-order valence-electron chi connectivity index (χ4n) is 2.40. The number of fused-ring (bicyclic) bond motifs is 1. The highest BCUT2D eigenvalue weighted by molar-refractivity contribution is 5.59. The molecule has 1 aliphatic rings. The third-order valence-corrected chi connectivity index (χ3v) is 3.22. The average molecular weight is 207 g/mol. The molecule has 2 rings (SSSR count). The lowest BCUT2D eigenvalue weighted by atomic mass is 9.89. The zero-order valence-electron chi connectivity index (χ0n) is 9.44. The van der Waals surface area contributed by atoms with Gasteiger partial charge in [-0.2, -0.15) is 0 Å². The molecule has 0 spiro atoms. The first-order chi connectivity index (χ1) is 7.22. The lowest BCUT2D eigenvalue weighted by molar-refractivity contribution is 0.473. The van der Waals surface area contributed by atoms with Crippen molar-refractivity contribution in [2.75, 3.05) is 11.9 Å². The van der Waals surface area contributed by atoms with E-state index in [0.717, 1.165) is 29.8 Å². The van der Waals surface area contributed by atoms with E-state index in [0.29, 0.717) is 5.92 Å². The van der Waals surface area contributed by atoms with Gasteiger partial charge in [0.2, 0.25) is 0 Å². The van der Waals surface area contributed by atoms with Crippen molar-refractivity contribution >= 4 is 5.69 Å². The van der Waals surface area contributed by atoms with Gasteiger partial charge in [0.25, 0.3) is 0 Å². The van der Waals surface area contributed by atoms with Gasteiger partial charge in [0.05, 0.1) is 0 Å². The summed E-state index contributed by atoms with van der Waals surface area (Å²) in [6.07, 6.45) is 3.25. The van der Waals surface area contributed by atoms with E-state index in [1.165, 1.54) is 12.8 Å². The van der Waals surface area contributed by atoms with Gasteiger partial charge >= 0.3 is 0 Å². The molecule has 0 fully saturated rings. The van der Waals surface area contributed by atoms with Crippen LogP contribution in [-0.2, 0) is 6.42 Å². The predicted octanol–water partition coefficient (Wildman–Crippen LogP) is 3.52. The molecule has 0 saturated heterocycles. The first-order valence-corrected chi connectivity index (χ1v) is 5.74. The molecule has 0 saturated carbocycles. The van der Waals surface area contributed by atoms with E-state index in [2.05, 4.69) is 12.2 Å². The van der Waals surface area contributed by atoms with Crippen molar-refractivity contribution in [3.63, 3.8) is 0 Å². The summed E-state index contributed by atoms with van der Waals surface area (Å²) in [5.41, 5.74) is 3.07. The van der Waals surface area contributed by atoms with Crippen LogP contribution in [0.5, 0.6) is 0 Å². The van der Waals surface area contributed by atoms with Crippen molar-refractivity contribution in [3.05, 3.63) is 29.1 Å². The molecule has 1 nitrogen and oxygen atoms in total. The maximum absolute atomic E-state index is 13.6. The SMILES string of the molecule is CCCC1CNc2c(C)ccc(F)c2C1. The van der Waals surface area contributed by atoms with E-state index in [4.69, 9.17) is 0 Å². The van der Waals surface area contributed by atoms with Crippen LogP contribution in [0.15, 0.2) is 12.1 Å². The second kappa shape index (κ2) is 4.21. The highest BCUT2D eigenvalue weighted by Crippen LogP contribution is 2.31. The van der Waals surface area contributed by atoms with Crippen LogP contribution in [0, 0.1) is 18.7 Å². The second-order valence-electron chi connectivity index (χ2n) is 4.46. The van der Waals surface area contributed by atoms with E-state index in [1.807, 2.05) is 13.0 Å². The molecule has 1 aliphatic heterocycles. The van der Waals surface area contributed by atoms with Crippen molar-refractivity contribution in [2.45, 2.75) is 33.1 Å². The summed E-state index contributed by atoms with van der Waals surface area (Å²) < 4.78 is 13.6. The molecule has 1 aromatic carbocycles. The van der Waals surface area contributed by atoms with E-state index >= 15 is 0 Å². The minimum atomic E-state index is -0.0519. The lowest BCUT2D eigenvalue weighted by Gasteiger charge is -2.27. The molecule has 1 heterocycles. The Morgan fingerprint density at radius 1 is 1.47 bits per heavy atom. The monoisotopic (exact) mass is 207 g/mol. The number of anilines is 1. The quantitative estimate of drug-likeness (QED) is 0.782. The highest BCUT2D eigenvalue weighted by Gasteiger charge is 2.21. The summed E-state index contributed by atoms with van der Waals surface area (Å²) in [5.74, 6) is 0.544. The van der Waals surface area contributed by atoms with E-state index < -0.39 is 0 Å². The summed E-state index contributed by atoms with van der Waals surface area (Å²) in [4.78, 5) is 0. The van der Waals surface area contributed by atoms with Crippen molar-refractivity contribution < 1.29 is 4.39 Å². The second-order valence-corrected chi connectivity index (χ2v) is 4.46. The lowest BCUT2D eigenvalue weighted by Crippen LogP contribution is -2.24. The van der Waals surface area contributed by atoms with Gasteiger partial charge in [-0.15, -0.1) is 0 Å². The van der Waals surface area contributed by atoms with E-state index in [1.54, 1.807) is 6.07 Å². The number of benzene rings is 1. The first-order valence-electron chi connectivity index (χ1n) is 5.74. The van der Waals surface area contributed by atoms with Crippen LogP contribution in [0.2, 0.25) is 0 Å². The molecule has 0 aliphatic carbocycles. The number of halogens is 1. The molecule has 2 heteroatoms. The number of rotatable bonds is 2. The Bertz CT molecular complexity index is 360. The van der Waals surface area contributed by atoms with Crippen LogP contribution in [0.3, 0.4) is 0 Å². The van der Waals surface area contributed by atoms with Gasteiger partial charge in [-0.25, -0.2) is 4.39 Å². The largest absolute Gasteiger partial charge is 0.384 e. The van der Waals surface area contributed by atoms with Gasteiger partial charge in [0.1, 0.15) is 5.82 Å². The molecule has 1 aromatic rings. The van der Waals surface area contributed by atoms with Gasteiger partial charge in [-0.3, -0.25) is 0 Å². The standard InChI is InChI=1S/C13H18FN/c1-3-4-10-7-11-12(14)6-5-9(2)13(11)15-8-10/h5-6,10,15H,3-4,7-8H2,1-2H3. The van der Waals surface area contributed by atoms with Crippen LogP contribution < -0.4 is 5.32 Å². The Morgan fingerprint density at radius 3 is 3.00 bits per heavy atom. The van der Waals surface area contributed by atoms with Crippen molar-refractivity contribution in [2.24, 2.45) is 5.92 Å². The smallest absolute Gasteiger partial charge is 0.128 e. The number of nitrogens with one attached hydrogen (secondary N) is 1. The fourth-order valence-corrected chi connectivity index (χ4v) is 2.40. The topological polar surface area (TPSA) is 12.0 Å². The van der Waals surface area contributed by atoms with Gasteiger partial charge in [-0.05, 0) is 37.3 Å². The molecule has 1 atom stereocenters. The third kappa shape index (κ3) is 1.99. The molecule has 1 unspecified atom stereocenters. The highest BCUT2D eigenvalue weighted by atomic mass is 19.1. The molecule has 0 aromatic heterocycles. The minimum absolute atomic E-state index is 0.0519. The van der Waals surface area contributed by atoms with Gasteiger partial charge in [-0.1, -0.05) is 19.4 Å². The molecule has 0 bridgehead atoms. The average Bonchev–Trinajstić information content (AvgIpc) is 2.24. The molecular formula is C13H18FN. The van der Waals surface area contributed by atoms with Gasteiger partial charge in [0.15, 0.2) is 0 Å². The molecule has 0 amide bonds. The van der Waals surface area contributed by atoms with Gasteiger partial charge in [0, 0.05) is 17.8 Å². The molecule has 82 valence electrons. The number of hydrogen-bond donors (Lipinski definition) is 1. The molecule has 0 radical (unpaired) electrons. The summed E-state index contributed by atoms with van der Waals surface area (Å²) in [7, 11) is 0. The van der Waals surface area contributed by atoms with Crippen LogP contribution in [0.4, 0.5) is 10.1 Å². The number of hydrogen-bond acceptors (Lipinski definition) is 1. The van der Waals surface area contributed by atoms with Crippen LogP contribution >= 0.6 is 0 Å². The zero-order valence-corrected chi connectivity index (χ0v) is 9.44. The summed E-state index contributed by atoms with van der Waals surface area (Å²) in [6, 6.07) is 3.44. The fraction of sp³-hybridized carbons (Fsp3) is 0.538. The Morgan fingerprint density at radius 2 is 2.27 bits per heavy atom. The van der Waals surface area contributed by atoms with E-state index in [9.17, 15) is 4.39 Å². The van der Waals surface area contributed by atoms with Crippen molar-refractivity contribution in [1.29, 1.82) is 0 Å². The van der Waals surface area contributed by atoms with Crippen LogP contribution in [-0.4, -0.2) is 6.54 Å². The third-order valence-electron chi connectivity index (χ3n) is 3.22. The minimum Gasteiger partial charge on any atom is -0.384 e. The summed E-state index contributed by atoms with van der Waals surface area (Å²) in [5, 5.41) is 3.37. The Hall–Kier alpha value is -1.05. The van der Waals surface area contributed by atoms with Crippen molar-refractivity contribution in [1.82, 2.24) is 0 Å². The van der Waals surface area contributed by atoms with E-state index in [-0.39, 0.29) is 5.82 Å². The Balaban J connectivity index is 2.28. The molecular weight excluding hydrogens is 189 g/mol. The Labute approximate surface area is 90.7 Å². The van der Waals surface area contributed by atoms with Crippen LogP contribution in [0.1, 0.15) is 30.9 Å². The predicted molar refractivity (Wildman–Crippen MR) is 61.7 cm³/mol. The molecule has 15 heavy (non-hydrogen) atoms. The maximum atomic E-state index is 13.6. The van der Waals surface area contributed by atoms with Gasteiger partial charge < -0.3 is 5.32 Å². The number of aryl methyl sites for hydroxylation is 1. The molecule has 1 N–H and O–H groups in total. The zero-order chi connectivity index (χ0) is 10.8.